The largest absolute Gasteiger partial charge is 0.335 e. The molecule has 1 rings (SSSR count). The molecule has 2 unspecified atom stereocenters. The minimum absolute atomic E-state index is 0.384. The van der Waals surface area contributed by atoms with Gasteiger partial charge < -0.3 is 9.09 Å². The van der Waals surface area contributed by atoms with Gasteiger partial charge >= 0.3 is 0 Å². The van der Waals surface area contributed by atoms with Gasteiger partial charge in [0.05, 0.1) is 6.45 Å². The van der Waals surface area contributed by atoms with E-state index in [0.717, 1.165) is 5.82 Å². The smallest absolute Gasteiger partial charge is 0.170 e. The number of rotatable bonds is 3. The number of hydrogen-bond acceptors (Lipinski definition) is 3. The van der Waals surface area contributed by atoms with Crippen LogP contribution in [0.2, 0.25) is 0 Å². The zero-order valence-corrected chi connectivity index (χ0v) is 10.8. The van der Waals surface area contributed by atoms with Crippen LogP contribution in [-0.2, 0) is 16.5 Å². The number of nitrogens with zero attached hydrogens (tertiary/aromatic N) is 2. The standard InChI is InChI=1S/C6H10IN2OPS/c1-6(12,10-11-7)5-8-3-4-9(5)2/h3-4,11-12H,1-2H3. The summed E-state index contributed by atoms with van der Waals surface area (Å²) in [5, 5.41) is 0. The zero-order valence-electron chi connectivity index (χ0n) is 6.78. The van der Waals surface area contributed by atoms with E-state index in [4.69, 9.17) is 4.52 Å². The molecule has 0 aromatic carbocycles. The summed E-state index contributed by atoms with van der Waals surface area (Å²) in [6.07, 6.45) is 3.62. The van der Waals surface area contributed by atoms with Crippen LogP contribution in [0, 0.1) is 0 Å². The second-order valence-electron chi connectivity index (χ2n) is 2.52. The number of hydrogen-bond donors (Lipinski definition) is 1. The molecule has 1 aromatic rings. The van der Waals surface area contributed by atoms with Gasteiger partial charge in [-0.15, -0.1) is 12.6 Å². The van der Waals surface area contributed by atoms with E-state index in [1.165, 1.54) is 0 Å². The molecule has 0 fully saturated rings. The fourth-order valence-electron chi connectivity index (χ4n) is 0.933. The molecule has 6 heteroatoms. The Morgan fingerprint density at radius 1 is 1.83 bits per heavy atom. The lowest BCUT2D eigenvalue weighted by molar-refractivity contribution is 0.212. The summed E-state index contributed by atoms with van der Waals surface area (Å²) in [7, 11) is 1.93. The Bertz CT molecular complexity index is 266. The Balaban J connectivity index is 2.88. The fourth-order valence-corrected chi connectivity index (χ4v) is 3.37. The van der Waals surface area contributed by atoms with E-state index >= 15 is 0 Å². The molecule has 1 heterocycles. The lowest BCUT2D eigenvalue weighted by atomic mass is 10.4. The van der Waals surface area contributed by atoms with E-state index in [1.54, 1.807) is 6.20 Å². The third-order valence-corrected chi connectivity index (χ3v) is 3.08. The van der Waals surface area contributed by atoms with Gasteiger partial charge in [0, 0.05) is 19.4 Å². The van der Waals surface area contributed by atoms with Crippen LogP contribution in [0.15, 0.2) is 12.4 Å². The van der Waals surface area contributed by atoms with Gasteiger partial charge in [-0.05, 0) is 29.0 Å². The summed E-state index contributed by atoms with van der Waals surface area (Å²) in [5.41, 5.74) is 0. The van der Waals surface area contributed by atoms with Crippen LogP contribution in [0.3, 0.4) is 0 Å². The molecule has 68 valence electrons. The fraction of sp³-hybridized carbons (Fsp3) is 0.500. The van der Waals surface area contributed by atoms with Crippen molar-refractivity contribution in [3.05, 3.63) is 18.2 Å². The van der Waals surface area contributed by atoms with E-state index in [0.29, 0.717) is 6.45 Å². The molecule has 0 spiro atoms. The van der Waals surface area contributed by atoms with E-state index in [1.807, 2.05) is 24.7 Å². The number of halogens is 1. The molecule has 3 nitrogen and oxygen atoms in total. The molecular formula is C6H10IN2OPS. The van der Waals surface area contributed by atoms with Crippen molar-refractivity contribution >= 4 is 41.1 Å². The SMILES string of the molecule is Cn1ccnc1C(C)(S)OPI. The highest BCUT2D eigenvalue weighted by molar-refractivity contribution is 14.2. The van der Waals surface area contributed by atoms with Crippen LogP contribution in [-0.4, -0.2) is 9.55 Å². The molecule has 0 saturated heterocycles. The maximum atomic E-state index is 5.45. The van der Waals surface area contributed by atoms with Gasteiger partial charge in [-0.25, -0.2) is 4.98 Å². The highest BCUT2D eigenvalue weighted by atomic mass is 127. The predicted molar refractivity (Wildman–Crippen MR) is 63.0 cm³/mol. The first-order valence-corrected chi connectivity index (χ1v) is 7.78. The number of thiol groups is 1. The van der Waals surface area contributed by atoms with Crippen LogP contribution in [0.5, 0.6) is 0 Å². The average molecular weight is 316 g/mol. The van der Waals surface area contributed by atoms with Gasteiger partial charge in [-0.1, -0.05) is 0 Å². The van der Waals surface area contributed by atoms with Crippen molar-refractivity contribution in [1.29, 1.82) is 0 Å². The molecule has 12 heavy (non-hydrogen) atoms. The summed E-state index contributed by atoms with van der Waals surface area (Å²) in [4.78, 5) is 3.58. The summed E-state index contributed by atoms with van der Waals surface area (Å²) >= 11 is 6.56. The maximum Gasteiger partial charge on any atom is 0.170 e. The molecule has 0 N–H and O–H groups in total. The molecule has 0 aliphatic heterocycles. The summed E-state index contributed by atoms with van der Waals surface area (Å²) in [5.74, 6) is 0.829. The second-order valence-corrected chi connectivity index (χ2v) is 5.06. The Morgan fingerprint density at radius 2 is 2.50 bits per heavy atom. The second kappa shape index (κ2) is 4.26. The Hall–Kier alpha value is 0.680. The van der Waals surface area contributed by atoms with E-state index in [-0.39, 0.29) is 0 Å². The van der Waals surface area contributed by atoms with E-state index in [9.17, 15) is 0 Å². The summed E-state index contributed by atoms with van der Waals surface area (Å²) in [6.45, 7) is 2.28. The first-order chi connectivity index (χ1) is 5.58. The lowest BCUT2D eigenvalue weighted by Crippen LogP contribution is -2.19. The van der Waals surface area contributed by atoms with Gasteiger partial charge in [0.15, 0.2) is 10.8 Å². The van der Waals surface area contributed by atoms with Gasteiger partial charge in [0.2, 0.25) is 0 Å². The topological polar surface area (TPSA) is 27.1 Å². The third-order valence-electron chi connectivity index (χ3n) is 1.47. The molecule has 0 amide bonds. The van der Waals surface area contributed by atoms with Crippen molar-refractivity contribution in [3.8, 4) is 0 Å². The Labute approximate surface area is 92.0 Å². The molecule has 0 bridgehead atoms. The van der Waals surface area contributed by atoms with Crippen molar-refractivity contribution < 1.29 is 4.52 Å². The van der Waals surface area contributed by atoms with E-state index in [2.05, 4.69) is 39.7 Å². The third kappa shape index (κ3) is 2.34. The van der Waals surface area contributed by atoms with Crippen molar-refractivity contribution in [3.63, 3.8) is 0 Å². The van der Waals surface area contributed by atoms with Crippen LogP contribution in [0.25, 0.3) is 0 Å². The highest BCUT2D eigenvalue weighted by Crippen LogP contribution is 2.38. The molecule has 0 radical (unpaired) electrons. The maximum absolute atomic E-state index is 5.45. The van der Waals surface area contributed by atoms with Crippen LogP contribution in [0.1, 0.15) is 12.7 Å². The molecule has 0 saturated carbocycles. The minimum Gasteiger partial charge on any atom is -0.335 e. The van der Waals surface area contributed by atoms with Crippen molar-refractivity contribution in [2.75, 3.05) is 0 Å². The molecule has 1 aromatic heterocycles. The van der Waals surface area contributed by atoms with Crippen molar-refractivity contribution in [2.45, 2.75) is 11.9 Å². The first kappa shape index (κ1) is 10.8. The quantitative estimate of drug-likeness (QED) is 0.401. The molecule has 0 aliphatic carbocycles. The molecule has 0 aliphatic rings. The lowest BCUT2D eigenvalue weighted by Gasteiger charge is -2.21. The van der Waals surface area contributed by atoms with Gasteiger partial charge in [0.1, 0.15) is 0 Å². The molecular weight excluding hydrogens is 306 g/mol. The van der Waals surface area contributed by atoms with Crippen LogP contribution >= 0.6 is 41.1 Å². The molecule has 2 atom stereocenters. The van der Waals surface area contributed by atoms with Crippen molar-refractivity contribution in [2.24, 2.45) is 7.05 Å². The first-order valence-electron chi connectivity index (χ1n) is 3.31. The highest BCUT2D eigenvalue weighted by Gasteiger charge is 2.26. The van der Waals surface area contributed by atoms with Crippen LogP contribution < -0.4 is 0 Å². The number of aryl methyl sites for hydroxylation is 1. The summed E-state index contributed by atoms with van der Waals surface area (Å²) in [6, 6.07) is 0. The van der Waals surface area contributed by atoms with Gasteiger partial charge in [0.25, 0.3) is 0 Å². The summed E-state index contributed by atoms with van der Waals surface area (Å²) < 4.78 is 7.36. The zero-order chi connectivity index (χ0) is 9.19. The number of imidazole rings is 1. The van der Waals surface area contributed by atoms with Gasteiger partial charge in [-0.2, -0.15) is 0 Å². The Morgan fingerprint density at radius 3 is 2.92 bits per heavy atom. The Kier molecular flexibility index (Phi) is 3.82. The van der Waals surface area contributed by atoms with Gasteiger partial charge in [-0.3, -0.25) is 0 Å². The van der Waals surface area contributed by atoms with Crippen LogP contribution in [0.4, 0.5) is 0 Å². The monoisotopic (exact) mass is 316 g/mol. The van der Waals surface area contributed by atoms with E-state index < -0.39 is 4.93 Å². The number of aromatic nitrogens is 2. The average Bonchev–Trinajstić information content (AvgIpc) is 2.35. The van der Waals surface area contributed by atoms with Crippen molar-refractivity contribution in [1.82, 2.24) is 9.55 Å². The predicted octanol–water partition coefficient (Wildman–Crippen LogP) is 2.48. The normalized spacial score (nSPS) is 17.0. The minimum atomic E-state index is -0.585.